The van der Waals surface area contributed by atoms with E-state index in [1.54, 1.807) is 0 Å². The van der Waals surface area contributed by atoms with E-state index >= 15 is 0 Å². The molecule has 0 atom stereocenters. The molecule has 0 aromatic carbocycles. The second-order valence-electron chi connectivity index (χ2n) is 5.01. The second kappa shape index (κ2) is 8.11. The van der Waals surface area contributed by atoms with Crippen molar-refractivity contribution in [3.05, 3.63) is 0 Å². The highest BCUT2D eigenvalue weighted by Crippen LogP contribution is 2.32. The minimum Gasteiger partial charge on any atom is -0.462 e. The molecule has 0 aromatic rings. The fraction of sp³-hybridized carbons (Fsp3) is 0.857. The third-order valence-electron chi connectivity index (χ3n) is 3.51. The Morgan fingerprint density at radius 1 is 1.06 bits per heavy atom. The molecular formula is C14H24O4. The summed E-state index contributed by atoms with van der Waals surface area (Å²) in [5.74, 6) is 0.374. The first-order chi connectivity index (χ1) is 8.63. The van der Waals surface area contributed by atoms with E-state index < -0.39 is 0 Å². The Hall–Kier alpha value is -1.06. The van der Waals surface area contributed by atoms with Crippen molar-refractivity contribution in [3.63, 3.8) is 0 Å². The lowest BCUT2D eigenvalue weighted by atomic mass is 9.80. The normalized spacial score (nSPS) is 23.4. The Labute approximate surface area is 109 Å². The van der Waals surface area contributed by atoms with Gasteiger partial charge in [-0.2, -0.15) is 0 Å². The first kappa shape index (κ1) is 15.0. The summed E-state index contributed by atoms with van der Waals surface area (Å²) in [4.78, 5) is 22.3. The van der Waals surface area contributed by atoms with Crippen LogP contribution in [0.15, 0.2) is 0 Å². The number of hydrogen-bond acceptors (Lipinski definition) is 4. The molecule has 104 valence electrons. The molecule has 0 saturated heterocycles. The van der Waals surface area contributed by atoms with Gasteiger partial charge in [-0.3, -0.25) is 9.59 Å². The zero-order chi connectivity index (χ0) is 13.4. The van der Waals surface area contributed by atoms with Crippen molar-refractivity contribution in [2.45, 2.75) is 52.4 Å². The quantitative estimate of drug-likeness (QED) is 0.541. The lowest BCUT2D eigenvalue weighted by molar-refractivity contribution is -0.155. The molecule has 1 aliphatic carbocycles. The summed E-state index contributed by atoms with van der Waals surface area (Å²) in [5, 5.41) is 0. The van der Waals surface area contributed by atoms with E-state index in [4.69, 9.17) is 9.47 Å². The molecule has 0 unspecified atom stereocenters. The van der Waals surface area contributed by atoms with E-state index in [1.807, 2.05) is 0 Å². The number of esters is 2. The van der Waals surface area contributed by atoms with Gasteiger partial charge in [0.1, 0.15) is 13.2 Å². The van der Waals surface area contributed by atoms with Gasteiger partial charge < -0.3 is 9.47 Å². The highest BCUT2D eigenvalue weighted by molar-refractivity contribution is 5.72. The van der Waals surface area contributed by atoms with Crippen LogP contribution in [-0.2, 0) is 19.1 Å². The van der Waals surface area contributed by atoms with Crippen molar-refractivity contribution in [2.24, 2.45) is 11.8 Å². The molecule has 1 fully saturated rings. The van der Waals surface area contributed by atoms with Crippen molar-refractivity contribution in [2.75, 3.05) is 13.2 Å². The Balaban J connectivity index is 2.14. The lowest BCUT2D eigenvalue weighted by Gasteiger charge is -2.26. The van der Waals surface area contributed by atoms with E-state index in [9.17, 15) is 9.59 Å². The summed E-state index contributed by atoms with van der Waals surface area (Å²) >= 11 is 0. The molecule has 0 heterocycles. The van der Waals surface area contributed by atoms with Gasteiger partial charge in [-0.15, -0.1) is 0 Å². The van der Waals surface area contributed by atoms with E-state index in [0.717, 1.165) is 31.6 Å². The molecule has 0 aromatic heterocycles. The molecule has 1 saturated carbocycles. The van der Waals surface area contributed by atoms with Gasteiger partial charge in [0.15, 0.2) is 0 Å². The van der Waals surface area contributed by atoms with Gasteiger partial charge in [0.25, 0.3) is 0 Å². The van der Waals surface area contributed by atoms with E-state index in [-0.39, 0.29) is 31.1 Å². The molecule has 4 heteroatoms. The topological polar surface area (TPSA) is 52.6 Å². The third kappa shape index (κ3) is 5.52. The maximum absolute atomic E-state index is 11.7. The van der Waals surface area contributed by atoms with Crippen LogP contribution in [0.1, 0.15) is 52.4 Å². The van der Waals surface area contributed by atoms with E-state index in [2.05, 4.69) is 6.92 Å². The summed E-state index contributed by atoms with van der Waals surface area (Å²) in [5.41, 5.74) is 0. The number of hydrogen-bond donors (Lipinski definition) is 0. The predicted molar refractivity (Wildman–Crippen MR) is 67.9 cm³/mol. The Bertz CT molecular complexity index is 267. The molecule has 0 spiro atoms. The monoisotopic (exact) mass is 256 g/mol. The lowest BCUT2D eigenvalue weighted by Crippen LogP contribution is -2.25. The molecule has 0 radical (unpaired) electrons. The van der Waals surface area contributed by atoms with Gasteiger partial charge in [0.2, 0.25) is 0 Å². The van der Waals surface area contributed by atoms with Crippen LogP contribution in [0.4, 0.5) is 0 Å². The summed E-state index contributed by atoms with van der Waals surface area (Å²) < 4.78 is 9.82. The van der Waals surface area contributed by atoms with Crippen LogP contribution >= 0.6 is 0 Å². The van der Waals surface area contributed by atoms with Gasteiger partial charge >= 0.3 is 11.9 Å². The summed E-state index contributed by atoms with van der Waals surface area (Å²) in [7, 11) is 0. The number of carbonyl (C=O) groups excluding carboxylic acids is 2. The number of ether oxygens (including phenoxy) is 2. The fourth-order valence-electron chi connectivity index (χ4n) is 2.54. The molecule has 1 aliphatic rings. The minimum absolute atomic E-state index is 0.0513. The van der Waals surface area contributed by atoms with Gasteiger partial charge in [0, 0.05) is 6.92 Å². The first-order valence-corrected chi connectivity index (χ1v) is 6.93. The molecule has 4 nitrogen and oxygen atoms in total. The Kier molecular flexibility index (Phi) is 6.76. The molecule has 0 amide bonds. The van der Waals surface area contributed by atoms with Crippen molar-refractivity contribution < 1.29 is 19.1 Å². The molecular weight excluding hydrogens is 232 g/mol. The minimum atomic E-state index is -0.342. The van der Waals surface area contributed by atoms with Crippen LogP contribution in [0.2, 0.25) is 0 Å². The van der Waals surface area contributed by atoms with Crippen molar-refractivity contribution in [1.29, 1.82) is 0 Å². The van der Waals surface area contributed by atoms with Crippen LogP contribution in [0.25, 0.3) is 0 Å². The van der Waals surface area contributed by atoms with Crippen LogP contribution in [0.5, 0.6) is 0 Å². The Morgan fingerprint density at radius 3 is 2.22 bits per heavy atom. The fourth-order valence-corrected chi connectivity index (χ4v) is 2.54. The summed E-state index contributed by atoms with van der Waals surface area (Å²) in [6, 6.07) is 0. The van der Waals surface area contributed by atoms with E-state index in [1.165, 1.54) is 19.8 Å². The highest BCUT2D eigenvalue weighted by atomic mass is 16.6. The van der Waals surface area contributed by atoms with Crippen molar-refractivity contribution in [1.82, 2.24) is 0 Å². The SMILES string of the molecule is CCCC1CCC(C(=O)OCCOC(C)=O)CC1. The second-order valence-corrected chi connectivity index (χ2v) is 5.01. The van der Waals surface area contributed by atoms with Crippen molar-refractivity contribution >= 4 is 11.9 Å². The number of carbonyl (C=O) groups is 2. The van der Waals surface area contributed by atoms with Crippen LogP contribution in [-0.4, -0.2) is 25.2 Å². The van der Waals surface area contributed by atoms with Gasteiger partial charge in [-0.25, -0.2) is 0 Å². The maximum Gasteiger partial charge on any atom is 0.309 e. The van der Waals surface area contributed by atoms with Gasteiger partial charge in [0.05, 0.1) is 5.92 Å². The van der Waals surface area contributed by atoms with Crippen LogP contribution in [0, 0.1) is 11.8 Å². The standard InChI is InChI=1S/C14H24O4/c1-3-4-12-5-7-13(8-6-12)14(16)18-10-9-17-11(2)15/h12-13H,3-10H2,1-2H3. The molecule has 18 heavy (non-hydrogen) atoms. The van der Waals surface area contributed by atoms with Crippen molar-refractivity contribution in [3.8, 4) is 0 Å². The maximum atomic E-state index is 11.7. The largest absolute Gasteiger partial charge is 0.462 e. The average molecular weight is 256 g/mol. The van der Waals surface area contributed by atoms with Crippen LogP contribution < -0.4 is 0 Å². The highest BCUT2D eigenvalue weighted by Gasteiger charge is 2.26. The predicted octanol–water partition coefficient (Wildman–Crippen LogP) is 2.70. The summed E-state index contributed by atoms with van der Waals surface area (Å²) in [6.07, 6.45) is 6.65. The zero-order valence-corrected chi connectivity index (χ0v) is 11.4. The third-order valence-corrected chi connectivity index (χ3v) is 3.51. The van der Waals surface area contributed by atoms with Gasteiger partial charge in [-0.05, 0) is 31.6 Å². The van der Waals surface area contributed by atoms with E-state index in [0.29, 0.717) is 0 Å². The molecule has 0 N–H and O–H groups in total. The number of rotatable bonds is 6. The Morgan fingerprint density at radius 2 is 1.67 bits per heavy atom. The van der Waals surface area contributed by atoms with Crippen LogP contribution in [0.3, 0.4) is 0 Å². The zero-order valence-electron chi connectivity index (χ0n) is 11.4. The molecule has 0 aliphatic heterocycles. The summed E-state index contributed by atoms with van der Waals surface area (Å²) in [6.45, 7) is 3.88. The molecule has 0 bridgehead atoms. The average Bonchev–Trinajstić information content (AvgIpc) is 2.35. The van der Waals surface area contributed by atoms with Gasteiger partial charge in [-0.1, -0.05) is 19.8 Å². The smallest absolute Gasteiger partial charge is 0.309 e. The first-order valence-electron chi connectivity index (χ1n) is 6.93. The molecule has 1 rings (SSSR count).